The molecule has 1 atom stereocenters. The summed E-state index contributed by atoms with van der Waals surface area (Å²) in [4.78, 5) is 24.0. The lowest BCUT2D eigenvalue weighted by molar-refractivity contribution is -0.118. The molecule has 0 spiro atoms. The van der Waals surface area contributed by atoms with E-state index in [-0.39, 0.29) is 49.9 Å². The molecule has 1 saturated heterocycles. The van der Waals surface area contributed by atoms with Gasteiger partial charge in [0.15, 0.2) is 11.6 Å². The molecule has 0 bridgehead atoms. The molecular weight excluding hydrogens is 441 g/mol. The number of ether oxygens (including phenoxy) is 1. The molecule has 3 amide bonds. The van der Waals surface area contributed by atoms with Crippen LogP contribution in [0.5, 0.6) is 5.75 Å². The second-order valence-corrected chi connectivity index (χ2v) is 10.3. The van der Waals surface area contributed by atoms with Crippen molar-refractivity contribution in [3.05, 3.63) is 29.6 Å². The summed E-state index contributed by atoms with van der Waals surface area (Å²) in [5.74, 6) is -0.592. The molecule has 1 aromatic rings. The Morgan fingerprint density at radius 1 is 1.31 bits per heavy atom. The fourth-order valence-corrected chi connectivity index (χ4v) is 4.57. The summed E-state index contributed by atoms with van der Waals surface area (Å²) < 4.78 is 46.8. The molecule has 0 aromatic heterocycles. The molecule has 11 heteroatoms. The fraction of sp³-hybridized carbons (Fsp3) is 0.619. The number of imide groups is 1. The van der Waals surface area contributed by atoms with Crippen LogP contribution in [0.2, 0.25) is 0 Å². The Morgan fingerprint density at radius 2 is 2.06 bits per heavy atom. The third-order valence-electron chi connectivity index (χ3n) is 5.77. The number of carbonyl (C=O) groups is 2. The van der Waals surface area contributed by atoms with Gasteiger partial charge in [-0.15, -0.1) is 0 Å². The third kappa shape index (κ3) is 6.63. The highest BCUT2D eigenvalue weighted by molar-refractivity contribution is 7.89. The summed E-state index contributed by atoms with van der Waals surface area (Å²) in [6, 6.07) is 3.60. The quantitative estimate of drug-likeness (QED) is 0.296. The van der Waals surface area contributed by atoms with E-state index in [0.29, 0.717) is 24.5 Å². The maximum absolute atomic E-state index is 14.1. The number of benzene rings is 1. The van der Waals surface area contributed by atoms with Crippen LogP contribution in [-0.2, 0) is 20.4 Å². The van der Waals surface area contributed by atoms with Crippen LogP contribution in [0.4, 0.5) is 9.18 Å². The van der Waals surface area contributed by atoms with Gasteiger partial charge in [0.25, 0.3) is 0 Å². The Kier molecular flexibility index (Phi) is 7.73. The minimum absolute atomic E-state index is 0.0165. The lowest BCUT2D eigenvalue weighted by atomic mass is 9.91. The molecule has 1 aliphatic carbocycles. The minimum atomic E-state index is -3.69. The van der Waals surface area contributed by atoms with Gasteiger partial charge in [-0.05, 0) is 55.7 Å². The summed E-state index contributed by atoms with van der Waals surface area (Å²) in [6.45, 7) is 2.14. The SMILES string of the molecule is CC[C@@](O)(CNS(=O)(=O)CCCCN1CC(=O)NC1=O)c1ccc(F)c(OCC2CC2)c1. The summed E-state index contributed by atoms with van der Waals surface area (Å²) in [5, 5.41) is 13.2. The second-order valence-electron chi connectivity index (χ2n) is 8.41. The maximum Gasteiger partial charge on any atom is 0.324 e. The average Bonchev–Trinajstić information content (AvgIpc) is 3.52. The Balaban J connectivity index is 1.51. The number of hydrogen-bond donors (Lipinski definition) is 3. The van der Waals surface area contributed by atoms with Crippen molar-refractivity contribution in [2.75, 3.05) is 32.0 Å². The topological polar surface area (TPSA) is 125 Å². The number of halogens is 1. The summed E-state index contributed by atoms with van der Waals surface area (Å²) in [5.41, 5.74) is -1.15. The number of aliphatic hydroxyl groups is 1. The molecule has 32 heavy (non-hydrogen) atoms. The van der Waals surface area contributed by atoms with Gasteiger partial charge in [0, 0.05) is 13.1 Å². The van der Waals surface area contributed by atoms with E-state index >= 15 is 0 Å². The Morgan fingerprint density at radius 3 is 2.69 bits per heavy atom. The normalized spacial score (nSPS) is 18.5. The van der Waals surface area contributed by atoms with E-state index in [1.165, 1.54) is 23.1 Å². The van der Waals surface area contributed by atoms with Crippen molar-refractivity contribution in [3.63, 3.8) is 0 Å². The zero-order chi connectivity index (χ0) is 23.4. The van der Waals surface area contributed by atoms with Crippen LogP contribution in [-0.4, -0.2) is 62.4 Å². The molecule has 1 aliphatic heterocycles. The van der Waals surface area contributed by atoms with E-state index < -0.39 is 27.5 Å². The minimum Gasteiger partial charge on any atom is -0.490 e. The van der Waals surface area contributed by atoms with Gasteiger partial charge in [-0.25, -0.2) is 22.3 Å². The molecule has 1 heterocycles. The van der Waals surface area contributed by atoms with Gasteiger partial charge in [-0.1, -0.05) is 13.0 Å². The Labute approximate surface area is 187 Å². The van der Waals surface area contributed by atoms with E-state index in [1.54, 1.807) is 6.92 Å². The van der Waals surface area contributed by atoms with Gasteiger partial charge in [0.1, 0.15) is 12.1 Å². The molecule has 2 fully saturated rings. The standard InChI is InChI=1S/C21H30FN3O6S/c1-2-21(28,16-7-8-17(22)18(11-16)31-13-15-5-6-15)14-23-32(29,30)10-4-3-9-25-12-19(26)24-20(25)27/h7-8,11,15,23,28H,2-6,9-10,12-14H2,1H3,(H,24,26,27)/t21-/m1/s1. The average molecular weight is 472 g/mol. The Bertz CT molecular complexity index is 953. The van der Waals surface area contributed by atoms with Gasteiger partial charge in [-0.3, -0.25) is 10.1 Å². The van der Waals surface area contributed by atoms with E-state index in [1.807, 2.05) is 0 Å². The van der Waals surface area contributed by atoms with Crippen LogP contribution in [0.3, 0.4) is 0 Å². The lowest BCUT2D eigenvalue weighted by Crippen LogP contribution is -2.41. The van der Waals surface area contributed by atoms with Gasteiger partial charge >= 0.3 is 6.03 Å². The van der Waals surface area contributed by atoms with Crippen molar-refractivity contribution in [1.82, 2.24) is 14.9 Å². The smallest absolute Gasteiger partial charge is 0.324 e. The molecule has 1 saturated carbocycles. The van der Waals surface area contributed by atoms with Crippen LogP contribution in [0.15, 0.2) is 18.2 Å². The van der Waals surface area contributed by atoms with E-state index in [0.717, 1.165) is 12.8 Å². The summed E-state index contributed by atoms with van der Waals surface area (Å²) in [6.07, 6.45) is 3.03. The first-order valence-electron chi connectivity index (χ1n) is 10.8. The van der Waals surface area contributed by atoms with Crippen molar-refractivity contribution in [1.29, 1.82) is 0 Å². The number of sulfonamides is 1. The highest BCUT2D eigenvalue weighted by atomic mass is 32.2. The fourth-order valence-electron chi connectivity index (χ4n) is 3.39. The van der Waals surface area contributed by atoms with Crippen LogP contribution in [0, 0.1) is 11.7 Å². The molecule has 1 aromatic carbocycles. The first-order chi connectivity index (χ1) is 15.1. The Hall–Kier alpha value is -2.24. The van der Waals surface area contributed by atoms with E-state index in [9.17, 15) is 27.5 Å². The number of nitrogens with one attached hydrogen (secondary N) is 2. The van der Waals surface area contributed by atoms with E-state index in [4.69, 9.17) is 4.74 Å². The largest absolute Gasteiger partial charge is 0.490 e. The highest BCUT2D eigenvalue weighted by Gasteiger charge is 2.31. The first-order valence-corrected chi connectivity index (χ1v) is 12.5. The molecule has 3 rings (SSSR count). The van der Waals surface area contributed by atoms with Crippen molar-refractivity contribution < 1.29 is 32.2 Å². The maximum atomic E-state index is 14.1. The van der Waals surface area contributed by atoms with Gasteiger partial charge in [0.05, 0.1) is 12.4 Å². The number of carbonyl (C=O) groups excluding carboxylic acids is 2. The number of unbranched alkanes of at least 4 members (excludes halogenated alkanes) is 1. The summed E-state index contributed by atoms with van der Waals surface area (Å²) in [7, 11) is -3.69. The molecule has 3 N–H and O–H groups in total. The van der Waals surface area contributed by atoms with E-state index in [2.05, 4.69) is 10.0 Å². The van der Waals surface area contributed by atoms with Crippen molar-refractivity contribution in [3.8, 4) is 5.75 Å². The zero-order valence-electron chi connectivity index (χ0n) is 18.1. The second kappa shape index (κ2) is 10.1. The lowest BCUT2D eigenvalue weighted by Gasteiger charge is -2.28. The van der Waals surface area contributed by atoms with Crippen LogP contribution < -0.4 is 14.8 Å². The predicted octanol–water partition coefficient (Wildman–Crippen LogP) is 1.46. The highest BCUT2D eigenvalue weighted by Crippen LogP contribution is 2.32. The third-order valence-corrected chi connectivity index (χ3v) is 7.18. The molecule has 2 aliphatic rings. The van der Waals surface area contributed by atoms with Crippen molar-refractivity contribution >= 4 is 22.0 Å². The number of urea groups is 1. The number of nitrogens with zero attached hydrogens (tertiary/aromatic N) is 1. The molecular formula is C21H30FN3O6S. The molecule has 0 radical (unpaired) electrons. The van der Waals surface area contributed by atoms with Crippen molar-refractivity contribution in [2.45, 2.75) is 44.6 Å². The van der Waals surface area contributed by atoms with Gasteiger partial charge < -0.3 is 14.7 Å². The number of amides is 3. The number of hydrogen-bond acceptors (Lipinski definition) is 6. The molecule has 0 unspecified atom stereocenters. The van der Waals surface area contributed by atoms with Crippen LogP contribution in [0.1, 0.15) is 44.6 Å². The molecule has 178 valence electrons. The van der Waals surface area contributed by atoms with Crippen LogP contribution in [0.25, 0.3) is 0 Å². The van der Waals surface area contributed by atoms with Crippen LogP contribution >= 0.6 is 0 Å². The number of rotatable bonds is 13. The molecule has 9 nitrogen and oxygen atoms in total. The van der Waals surface area contributed by atoms with Gasteiger partial charge in [-0.2, -0.15) is 0 Å². The first kappa shape index (κ1) is 24.4. The monoisotopic (exact) mass is 471 g/mol. The van der Waals surface area contributed by atoms with Crippen molar-refractivity contribution in [2.24, 2.45) is 5.92 Å². The van der Waals surface area contributed by atoms with Gasteiger partial charge in [0.2, 0.25) is 15.9 Å². The summed E-state index contributed by atoms with van der Waals surface area (Å²) >= 11 is 0. The zero-order valence-corrected chi connectivity index (χ0v) is 18.9. The predicted molar refractivity (Wildman–Crippen MR) is 115 cm³/mol.